The molecule has 0 radical (unpaired) electrons. The topological polar surface area (TPSA) is 101 Å². The van der Waals surface area contributed by atoms with Gasteiger partial charge in [-0.05, 0) is 30.2 Å². The van der Waals surface area contributed by atoms with Crippen molar-refractivity contribution in [3.05, 3.63) is 58.3 Å². The van der Waals surface area contributed by atoms with E-state index in [0.29, 0.717) is 24.2 Å². The largest absolute Gasteiger partial charge is 0.416 e. The lowest BCUT2D eigenvalue weighted by Gasteiger charge is -2.45. The van der Waals surface area contributed by atoms with Gasteiger partial charge in [0, 0.05) is 24.9 Å². The average Bonchev–Trinajstić information content (AvgIpc) is 2.73. The maximum Gasteiger partial charge on any atom is 0.416 e. The lowest BCUT2D eigenvalue weighted by Crippen LogP contribution is -2.47. The molecule has 0 unspecified atom stereocenters. The van der Waals surface area contributed by atoms with E-state index >= 15 is 0 Å². The van der Waals surface area contributed by atoms with Crippen molar-refractivity contribution in [2.24, 2.45) is 17.1 Å². The van der Waals surface area contributed by atoms with E-state index in [1.165, 1.54) is 12.1 Å². The van der Waals surface area contributed by atoms with Gasteiger partial charge < -0.3 is 5.73 Å². The van der Waals surface area contributed by atoms with Crippen LogP contribution in [0.4, 0.5) is 13.2 Å². The van der Waals surface area contributed by atoms with E-state index in [0.717, 1.165) is 25.1 Å². The molecule has 8 heteroatoms. The SMILES string of the molecule is CCCN1CC=C2[C@@H](C1)[C@@H](c1cccc(C(F)(F)F)c1)C(C#N)=C(N)C2(C#N)C#N. The number of hydrogen-bond donors (Lipinski definition) is 1. The van der Waals surface area contributed by atoms with E-state index in [-0.39, 0.29) is 11.3 Å². The molecule has 0 amide bonds. The molecular weight excluding hydrogens is 391 g/mol. The first-order valence-corrected chi connectivity index (χ1v) is 9.56. The molecule has 154 valence electrons. The van der Waals surface area contributed by atoms with Crippen molar-refractivity contribution in [2.45, 2.75) is 25.4 Å². The molecule has 1 aliphatic carbocycles. The van der Waals surface area contributed by atoms with Gasteiger partial charge in [0.25, 0.3) is 0 Å². The van der Waals surface area contributed by atoms with Crippen molar-refractivity contribution >= 4 is 0 Å². The number of alkyl halides is 3. The minimum Gasteiger partial charge on any atom is -0.399 e. The van der Waals surface area contributed by atoms with Gasteiger partial charge in [-0.2, -0.15) is 29.0 Å². The van der Waals surface area contributed by atoms with Crippen LogP contribution in [0.25, 0.3) is 0 Å². The number of allylic oxidation sites excluding steroid dienone is 2. The third-order valence-electron chi connectivity index (χ3n) is 5.83. The van der Waals surface area contributed by atoms with Crippen molar-refractivity contribution < 1.29 is 13.2 Å². The molecule has 1 aromatic carbocycles. The van der Waals surface area contributed by atoms with E-state index in [4.69, 9.17) is 5.73 Å². The Hall–Kier alpha value is -3.28. The van der Waals surface area contributed by atoms with Gasteiger partial charge >= 0.3 is 6.18 Å². The summed E-state index contributed by atoms with van der Waals surface area (Å²) in [4.78, 5) is 2.10. The zero-order valence-corrected chi connectivity index (χ0v) is 16.4. The van der Waals surface area contributed by atoms with Gasteiger partial charge in [-0.25, -0.2) is 0 Å². The molecule has 1 aliphatic heterocycles. The van der Waals surface area contributed by atoms with Crippen LogP contribution >= 0.6 is 0 Å². The van der Waals surface area contributed by atoms with E-state index in [2.05, 4.69) is 4.90 Å². The van der Waals surface area contributed by atoms with Gasteiger partial charge in [-0.1, -0.05) is 31.2 Å². The standard InChI is InChI=1S/C22H20F3N5/c1-2-7-30-8-6-18-17(11-30)19(14-4-3-5-15(9-14)22(23,24)25)16(10-26)20(29)21(18,12-27)13-28/h3-6,9,17,19H,2,7-8,11,29H2,1H3/t17-,19+/m1/s1. The molecule has 0 fully saturated rings. The number of nitrogens with zero attached hydrogens (tertiary/aromatic N) is 4. The molecule has 5 nitrogen and oxygen atoms in total. The summed E-state index contributed by atoms with van der Waals surface area (Å²) in [6, 6.07) is 10.8. The van der Waals surface area contributed by atoms with E-state index in [9.17, 15) is 29.0 Å². The fourth-order valence-electron chi connectivity index (χ4n) is 4.48. The Bertz CT molecular complexity index is 1020. The molecule has 0 saturated carbocycles. The van der Waals surface area contributed by atoms with Gasteiger partial charge in [-0.3, -0.25) is 4.90 Å². The summed E-state index contributed by atoms with van der Waals surface area (Å²) >= 11 is 0. The van der Waals surface area contributed by atoms with Crippen LogP contribution in [0.2, 0.25) is 0 Å². The Labute approximate surface area is 173 Å². The highest BCUT2D eigenvalue weighted by molar-refractivity contribution is 5.58. The van der Waals surface area contributed by atoms with Crippen LogP contribution in [0, 0.1) is 45.3 Å². The minimum atomic E-state index is -4.53. The first-order valence-electron chi connectivity index (χ1n) is 9.56. The smallest absolute Gasteiger partial charge is 0.399 e. The zero-order valence-electron chi connectivity index (χ0n) is 16.4. The second-order valence-corrected chi connectivity index (χ2v) is 7.54. The molecule has 1 heterocycles. The van der Waals surface area contributed by atoms with Crippen LogP contribution in [-0.2, 0) is 6.18 Å². The fourth-order valence-corrected chi connectivity index (χ4v) is 4.48. The molecule has 2 atom stereocenters. The highest BCUT2D eigenvalue weighted by atomic mass is 19.4. The Morgan fingerprint density at radius 1 is 1.23 bits per heavy atom. The van der Waals surface area contributed by atoms with Crippen LogP contribution in [0.1, 0.15) is 30.4 Å². The number of nitrogens with two attached hydrogens (primary N) is 1. The van der Waals surface area contributed by atoms with Crippen LogP contribution in [0.15, 0.2) is 47.2 Å². The molecule has 0 spiro atoms. The fraction of sp³-hybridized carbons (Fsp3) is 0.409. The summed E-state index contributed by atoms with van der Waals surface area (Å²) in [5, 5.41) is 29.5. The molecular formula is C22H20F3N5. The molecule has 0 saturated heterocycles. The predicted molar refractivity (Wildman–Crippen MR) is 103 cm³/mol. The zero-order chi connectivity index (χ0) is 22.1. The monoisotopic (exact) mass is 411 g/mol. The third-order valence-corrected chi connectivity index (χ3v) is 5.83. The molecule has 0 aromatic heterocycles. The highest BCUT2D eigenvalue weighted by Gasteiger charge is 2.52. The molecule has 1 aromatic rings. The Morgan fingerprint density at radius 3 is 2.50 bits per heavy atom. The van der Waals surface area contributed by atoms with Crippen molar-refractivity contribution in [1.29, 1.82) is 15.8 Å². The lowest BCUT2D eigenvalue weighted by atomic mass is 9.60. The number of benzene rings is 1. The first kappa shape index (κ1) is 21.4. The van der Waals surface area contributed by atoms with Crippen LogP contribution in [0.5, 0.6) is 0 Å². The average molecular weight is 411 g/mol. The molecule has 2 aliphatic rings. The summed E-state index contributed by atoms with van der Waals surface area (Å²) in [7, 11) is 0. The summed E-state index contributed by atoms with van der Waals surface area (Å²) in [6.07, 6.45) is -1.89. The number of fused-ring (bicyclic) bond motifs is 1. The number of nitriles is 3. The Kier molecular flexibility index (Phi) is 5.61. The van der Waals surface area contributed by atoms with E-state index < -0.39 is 29.0 Å². The van der Waals surface area contributed by atoms with Crippen molar-refractivity contribution in [1.82, 2.24) is 4.90 Å². The van der Waals surface area contributed by atoms with Crippen LogP contribution in [-0.4, -0.2) is 24.5 Å². The second-order valence-electron chi connectivity index (χ2n) is 7.54. The number of hydrogen-bond acceptors (Lipinski definition) is 5. The van der Waals surface area contributed by atoms with Gasteiger partial charge in [0.15, 0.2) is 0 Å². The Morgan fingerprint density at radius 2 is 1.93 bits per heavy atom. The third kappa shape index (κ3) is 3.32. The predicted octanol–water partition coefficient (Wildman–Crippen LogP) is 3.84. The van der Waals surface area contributed by atoms with Gasteiger partial charge in [0.1, 0.15) is 0 Å². The van der Waals surface area contributed by atoms with E-state index in [1.807, 2.05) is 25.1 Å². The number of halogens is 3. The van der Waals surface area contributed by atoms with Gasteiger partial charge in [-0.15, -0.1) is 0 Å². The van der Waals surface area contributed by atoms with Crippen molar-refractivity contribution in [3.63, 3.8) is 0 Å². The molecule has 30 heavy (non-hydrogen) atoms. The van der Waals surface area contributed by atoms with E-state index in [1.54, 1.807) is 6.08 Å². The van der Waals surface area contributed by atoms with Crippen molar-refractivity contribution in [2.75, 3.05) is 19.6 Å². The van der Waals surface area contributed by atoms with Crippen LogP contribution in [0.3, 0.4) is 0 Å². The number of rotatable bonds is 3. The lowest BCUT2D eigenvalue weighted by molar-refractivity contribution is -0.137. The molecule has 2 N–H and O–H groups in total. The highest BCUT2D eigenvalue weighted by Crippen LogP contribution is 2.53. The summed E-state index contributed by atoms with van der Waals surface area (Å²) in [6.45, 7) is 3.69. The Balaban J connectivity index is 2.26. The summed E-state index contributed by atoms with van der Waals surface area (Å²) < 4.78 is 39.9. The van der Waals surface area contributed by atoms with Crippen LogP contribution < -0.4 is 5.73 Å². The van der Waals surface area contributed by atoms with Gasteiger partial charge in [0.2, 0.25) is 5.41 Å². The second kappa shape index (κ2) is 7.86. The quantitative estimate of drug-likeness (QED) is 0.762. The maximum atomic E-state index is 13.3. The summed E-state index contributed by atoms with van der Waals surface area (Å²) in [5.41, 5.74) is 4.13. The first-order chi connectivity index (χ1) is 14.2. The van der Waals surface area contributed by atoms with Crippen molar-refractivity contribution in [3.8, 4) is 18.2 Å². The van der Waals surface area contributed by atoms with Gasteiger partial charge in [0.05, 0.1) is 35.0 Å². The normalized spacial score (nSPS) is 23.6. The minimum absolute atomic E-state index is 0.0158. The summed E-state index contributed by atoms with van der Waals surface area (Å²) in [5.74, 6) is -1.27. The molecule has 3 rings (SSSR count). The molecule has 0 bridgehead atoms. The maximum absolute atomic E-state index is 13.3.